The maximum atomic E-state index is 12.9. The van der Waals surface area contributed by atoms with Gasteiger partial charge in [0.15, 0.2) is 9.84 Å². The molecule has 0 aliphatic carbocycles. The molecular formula is C17H23N5O3S. The average Bonchev–Trinajstić information content (AvgIpc) is 3.22. The molecular weight excluding hydrogens is 354 g/mol. The first-order chi connectivity index (χ1) is 12.4. The highest BCUT2D eigenvalue weighted by molar-refractivity contribution is 7.91. The number of carbonyl (C=O) groups is 1. The number of amides is 1. The summed E-state index contributed by atoms with van der Waals surface area (Å²) in [5.74, 6) is 0.441. The number of benzene rings is 1. The Morgan fingerprint density at radius 1 is 1.35 bits per heavy atom. The first kappa shape index (κ1) is 18.5. The topological polar surface area (TPSA) is 98.1 Å². The van der Waals surface area contributed by atoms with Gasteiger partial charge in [0.25, 0.3) is 0 Å². The van der Waals surface area contributed by atoms with Crippen molar-refractivity contribution in [3.8, 4) is 11.4 Å². The van der Waals surface area contributed by atoms with Gasteiger partial charge >= 0.3 is 0 Å². The van der Waals surface area contributed by atoms with Gasteiger partial charge in [-0.2, -0.15) is 4.80 Å². The minimum atomic E-state index is -3.06. The zero-order chi connectivity index (χ0) is 18.7. The molecule has 3 rings (SSSR count). The molecule has 1 aliphatic rings. The van der Waals surface area contributed by atoms with E-state index in [1.54, 1.807) is 4.90 Å². The second kappa shape index (κ2) is 7.53. The molecule has 0 saturated carbocycles. The molecule has 1 aromatic heterocycles. The van der Waals surface area contributed by atoms with Crippen LogP contribution in [0, 0.1) is 0 Å². The molecule has 1 fully saturated rings. The molecule has 1 aliphatic heterocycles. The van der Waals surface area contributed by atoms with E-state index in [0.717, 1.165) is 12.0 Å². The first-order valence-electron chi connectivity index (χ1n) is 8.74. The van der Waals surface area contributed by atoms with Crippen molar-refractivity contribution in [1.82, 2.24) is 25.1 Å². The number of hydrogen-bond acceptors (Lipinski definition) is 6. The molecule has 0 radical (unpaired) electrons. The Bertz CT molecular complexity index is 866. The first-order valence-corrected chi connectivity index (χ1v) is 10.6. The lowest BCUT2D eigenvalue weighted by molar-refractivity contribution is -0.136. The van der Waals surface area contributed by atoms with Gasteiger partial charge in [-0.3, -0.25) is 4.79 Å². The monoisotopic (exact) mass is 377 g/mol. The van der Waals surface area contributed by atoms with Crippen LogP contribution in [0.3, 0.4) is 0 Å². The molecule has 8 nitrogen and oxygen atoms in total. The second-order valence-corrected chi connectivity index (χ2v) is 8.85. The van der Waals surface area contributed by atoms with E-state index >= 15 is 0 Å². The molecule has 0 unspecified atom stereocenters. The summed E-state index contributed by atoms with van der Waals surface area (Å²) in [6, 6.07) is 9.09. The number of hydrogen-bond donors (Lipinski definition) is 0. The lowest BCUT2D eigenvalue weighted by Crippen LogP contribution is -2.48. The van der Waals surface area contributed by atoms with Crippen molar-refractivity contribution in [2.24, 2.45) is 0 Å². The van der Waals surface area contributed by atoms with Crippen LogP contribution in [0.15, 0.2) is 30.3 Å². The summed E-state index contributed by atoms with van der Waals surface area (Å²) in [5, 5.41) is 12.2. The number of tetrazole rings is 1. The summed E-state index contributed by atoms with van der Waals surface area (Å²) in [6.07, 6.45) is 1.24. The van der Waals surface area contributed by atoms with Crippen LogP contribution in [0.25, 0.3) is 11.4 Å². The number of aromatic nitrogens is 4. The van der Waals surface area contributed by atoms with Gasteiger partial charge in [-0.25, -0.2) is 8.42 Å². The molecule has 0 N–H and O–H groups in total. The lowest BCUT2D eigenvalue weighted by atomic mass is 10.1. The van der Waals surface area contributed by atoms with Crippen LogP contribution in [0.2, 0.25) is 0 Å². The molecule has 1 amide bonds. The Hall–Kier alpha value is -2.29. The van der Waals surface area contributed by atoms with E-state index < -0.39 is 9.84 Å². The Kier molecular flexibility index (Phi) is 5.36. The molecule has 140 valence electrons. The van der Waals surface area contributed by atoms with E-state index in [9.17, 15) is 13.2 Å². The van der Waals surface area contributed by atoms with Crippen molar-refractivity contribution < 1.29 is 13.2 Å². The van der Waals surface area contributed by atoms with Gasteiger partial charge in [0, 0.05) is 17.6 Å². The van der Waals surface area contributed by atoms with Gasteiger partial charge in [-0.1, -0.05) is 37.3 Å². The normalized spacial score (nSPS) is 20.0. The maximum Gasteiger partial charge on any atom is 0.246 e. The Morgan fingerprint density at radius 2 is 2.08 bits per heavy atom. The predicted molar refractivity (Wildman–Crippen MR) is 96.9 cm³/mol. The van der Waals surface area contributed by atoms with Crippen molar-refractivity contribution >= 4 is 15.7 Å². The van der Waals surface area contributed by atoms with E-state index in [1.807, 2.05) is 44.2 Å². The fourth-order valence-corrected chi connectivity index (χ4v) is 4.93. The molecule has 2 aromatic rings. The minimum Gasteiger partial charge on any atom is -0.334 e. The van der Waals surface area contributed by atoms with Gasteiger partial charge in [0.05, 0.1) is 11.5 Å². The molecule has 26 heavy (non-hydrogen) atoms. The van der Waals surface area contributed by atoms with E-state index in [1.165, 1.54) is 4.80 Å². The van der Waals surface area contributed by atoms with E-state index in [-0.39, 0.29) is 36.0 Å². The number of sulfone groups is 1. The molecule has 2 atom stereocenters. The number of rotatable bonds is 6. The zero-order valence-corrected chi connectivity index (χ0v) is 15.8. The SMILES string of the molecule is CC[C@H](C)N(C(=O)Cn1nnc(-c2ccccc2)n1)[C@H]1CCS(=O)(=O)C1. The fourth-order valence-electron chi connectivity index (χ4n) is 3.22. The highest BCUT2D eigenvalue weighted by Gasteiger charge is 2.36. The minimum absolute atomic E-state index is 0.0309. The summed E-state index contributed by atoms with van der Waals surface area (Å²) in [6.45, 7) is 3.86. The summed E-state index contributed by atoms with van der Waals surface area (Å²) in [7, 11) is -3.06. The molecule has 0 spiro atoms. The number of carbonyl (C=O) groups excluding carboxylic acids is 1. The van der Waals surface area contributed by atoms with E-state index in [4.69, 9.17) is 0 Å². The molecule has 0 bridgehead atoms. The Balaban J connectivity index is 1.75. The van der Waals surface area contributed by atoms with Gasteiger partial charge in [0.1, 0.15) is 6.54 Å². The van der Waals surface area contributed by atoms with Crippen molar-refractivity contribution in [1.29, 1.82) is 0 Å². The highest BCUT2D eigenvalue weighted by atomic mass is 32.2. The van der Waals surface area contributed by atoms with Gasteiger partial charge < -0.3 is 4.90 Å². The average molecular weight is 377 g/mol. The molecule has 1 saturated heterocycles. The number of nitrogens with zero attached hydrogens (tertiary/aromatic N) is 5. The summed E-state index contributed by atoms with van der Waals surface area (Å²) < 4.78 is 23.6. The van der Waals surface area contributed by atoms with Crippen molar-refractivity contribution in [2.75, 3.05) is 11.5 Å². The van der Waals surface area contributed by atoms with Crippen LogP contribution >= 0.6 is 0 Å². The fraction of sp³-hybridized carbons (Fsp3) is 0.529. The second-order valence-electron chi connectivity index (χ2n) is 6.62. The standard InChI is InChI=1S/C17H23N5O3S/c1-3-13(2)22(15-9-10-26(24,25)12-15)16(23)11-21-19-17(18-20-21)14-7-5-4-6-8-14/h4-8,13,15H,3,9-12H2,1-2H3/t13-,15-/m0/s1. The third-order valence-electron chi connectivity index (χ3n) is 4.72. The smallest absolute Gasteiger partial charge is 0.246 e. The third-order valence-corrected chi connectivity index (χ3v) is 6.47. The van der Waals surface area contributed by atoms with Crippen molar-refractivity contribution in [3.05, 3.63) is 30.3 Å². The molecule has 2 heterocycles. The lowest BCUT2D eigenvalue weighted by Gasteiger charge is -2.33. The van der Waals surface area contributed by atoms with Crippen LogP contribution in [-0.2, 0) is 21.2 Å². The van der Waals surface area contributed by atoms with Crippen molar-refractivity contribution in [3.63, 3.8) is 0 Å². The third kappa shape index (κ3) is 4.09. The highest BCUT2D eigenvalue weighted by Crippen LogP contribution is 2.22. The van der Waals surface area contributed by atoms with Crippen LogP contribution in [0.4, 0.5) is 0 Å². The zero-order valence-electron chi connectivity index (χ0n) is 14.9. The quantitative estimate of drug-likeness (QED) is 0.749. The summed E-state index contributed by atoms with van der Waals surface area (Å²) in [4.78, 5) is 15.8. The van der Waals surface area contributed by atoms with Gasteiger partial charge in [0.2, 0.25) is 11.7 Å². The maximum absolute atomic E-state index is 12.9. The van der Waals surface area contributed by atoms with Crippen LogP contribution in [0.5, 0.6) is 0 Å². The van der Waals surface area contributed by atoms with Crippen LogP contribution in [0.1, 0.15) is 26.7 Å². The van der Waals surface area contributed by atoms with Crippen molar-refractivity contribution in [2.45, 2.75) is 45.3 Å². The van der Waals surface area contributed by atoms with E-state index in [0.29, 0.717) is 12.2 Å². The largest absolute Gasteiger partial charge is 0.334 e. The molecule has 9 heteroatoms. The Labute approximate surface area is 153 Å². The predicted octanol–water partition coefficient (Wildman–Crippen LogP) is 1.15. The Morgan fingerprint density at radius 3 is 2.69 bits per heavy atom. The van der Waals surface area contributed by atoms with E-state index in [2.05, 4.69) is 15.4 Å². The van der Waals surface area contributed by atoms with Crippen LogP contribution < -0.4 is 0 Å². The van der Waals surface area contributed by atoms with Gasteiger partial charge in [-0.15, -0.1) is 10.2 Å². The molecule has 1 aromatic carbocycles. The van der Waals surface area contributed by atoms with Gasteiger partial charge in [-0.05, 0) is 25.0 Å². The summed E-state index contributed by atoms with van der Waals surface area (Å²) in [5.41, 5.74) is 0.826. The van der Waals surface area contributed by atoms with Crippen LogP contribution in [-0.4, -0.2) is 63.0 Å². The summed E-state index contributed by atoms with van der Waals surface area (Å²) >= 11 is 0.